The zero-order valence-corrected chi connectivity index (χ0v) is 19.5. The van der Waals surface area contributed by atoms with Crippen LogP contribution in [0.3, 0.4) is 0 Å². The molecule has 0 unspecified atom stereocenters. The lowest BCUT2D eigenvalue weighted by atomic mass is 10.1. The number of nitrogens with zero attached hydrogens (tertiary/aromatic N) is 3. The molecule has 0 saturated carbocycles. The molecule has 0 atom stereocenters. The maximum absolute atomic E-state index is 13.4. The van der Waals surface area contributed by atoms with Crippen LogP contribution in [-0.4, -0.2) is 34.3 Å². The number of carbonyl (C=O) groups excluding carboxylic acids is 1. The molecule has 1 amide bonds. The summed E-state index contributed by atoms with van der Waals surface area (Å²) in [4.78, 5) is 21.4. The van der Waals surface area contributed by atoms with Crippen molar-refractivity contribution in [2.45, 2.75) is 4.90 Å². The van der Waals surface area contributed by atoms with E-state index in [0.29, 0.717) is 22.1 Å². The van der Waals surface area contributed by atoms with E-state index in [2.05, 4.69) is 4.99 Å². The number of amidine groups is 1. The summed E-state index contributed by atoms with van der Waals surface area (Å²) in [6.07, 6.45) is 1.72. The van der Waals surface area contributed by atoms with Gasteiger partial charge in [-0.1, -0.05) is 23.7 Å². The highest BCUT2D eigenvalue weighted by molar-refractivity contribution is 7.89. The first-order valence-electron chi connectivity index (χ1n) is 9.94. The molecule has 0 fully saturated rings. The van der Waals surface area contributed by atoms with Gasteiger partial charge in [-0.05, 0) is 72.3 Å². The Morgan fingerprint density at radius 2 is 1.55 bits per heavy atom. The van der Waals surface area contributed by atoms with Crippen LogP contribution < -0.4 is 14.9 Å². The van der Waals surface area contributed by atoms with Crippen molar-refractivity contribution in [1.82, 2.24) is 0 Å². The van der Waals surface area contributed by atoms with Crippen LogP contribution in [0.15, 0.2) is 88.4 Å². The number of carbonyl (C=O) groups is 1. The normalized spacial score (nSPS) is 15.2. The van der Waals surface area contributed by atoms with Gasteiger partial charge in [0, 0.05) is 30.4 Å². The van der Waals surface area contributed by atoms with Crippen LogP contribution in [0.25, 0.3) is 6.08 Å². The second-order valence-corrected chi connectivity index (χ2v) is 9.64. The summed E-state index contributed by atoms with van der Waals surface area (Å²) in [5.74, 6) is 0.0798. The predicted molar refractivity (Wildman–Crippen MR) is 132 cm³/mol. The van der Waals surface area contributed by atoms with Gasteiger partial charge in [-0.3, -0.25) is 9.69 Å². The van der Waals surface area contributed by atoms with Crippen molar-refractivity contribution in [2.24, 2.45) is 10.1 Å². The summed E-state index contributed by atoms with van der Waals surface area (Å²) in [5, 5.41) is 5.76. The van der Waals surface area contributed by atoms with Gasteiger partial charge < -0.3 is 4.90 Å². The highest BCUT2D eigenvalue weighted by Gasteiger charge is 2.32. The van der Waals surface area contributed by atoms with E-state index in [4.69, 9.17) is 16.7 Å². The molecule has 0 saturated heterocycles. The maximum Gasteiger partial charge on any atom is 0.282 e. The third kappa shape index (κ3) is 4.83. The van der Waals surface area contributed by atoms with Crippen LogP contribution in [0.5, 0.6) is 0 Å². The van der Waals surface area contributed by atoms with Gasteiger partial charge in [0.15, 0.2) is 0 Å². The Morgan fingerprint density at radius 3 is 2.09 bits per heavy atom. The number of halogens is 1. The smallest absolute Gasteiger partial charge is 0.282 e. The molecule has 0 aromatic heterocycles. The van der Waals surface area contributed by atoms with E-state index >= 15 is 0 Å². The molecule has 9 heteroatoms. The third-order valence-electron chi connectivity index (χ3n) is 5.10. The average molecular weight is 481 g/mol. The Balaban J connectivity index is 1.77. The molecule has 1 heterocycles. The van der Waals surface area contributed by atoms with Gasteiger partial charge in [-0.25, -0.2) is 18.5 Å². The van der Waals surface area contributed by atoms with Gasteiger partial charge in [0.2, 0.25) is 10.0 Å². The molecule has 168 valence electrons. The minimum absolute atomic E-state index is 0.0420. The molecule has 1 aliphatic heterocycles. The Hall–Kier alpha value is -3.46. The second kappa shape index (κ2) is 8.82. The van der Waals surface area contributed by atoms with Gasteiger partial charge in [0.25, 0.3) is 5.91 Å². The van der Waals surface area contributed by atoms with E-state index in [1.807, 2.05) is 43.3 Å². The van der Waals surface area contributed by atoms with Crippen molar-refractivity contribution >= 4 is 50.8 Å². The summed E-state index contributed by atoms with van der Waals surface area (Å²) in [5.41, 5.74) is 3.28. The largest absolute Gasteiger partial charge is 0.378 e. The average Bonchev–Trinajstić information content (AvgIpc) is 3.10. The number of primary sulfonamides is 1. The molecule has 4 rings (SSSR count). The molecule has 7 nitrogen and oxygen atoms in total. The Kier molecular flexibility index (Phi) is 6.07. The lowest BCUT2D eigenvalue weighted by Crippen LogP contribution is -2.32. The molecular weight excluding hydrogens is 460 g/mol. The summed E-state index contributed by atoms with van der Waals surface area (Å²) in [7, 11) is 0.0567. The van der Waals surface area contributed by atoms with Gasteiger partial charge in [-0.2, -0.15) is 0 Å². The quantitative estimate of drug-likeness (QED) is 0.560. The summed E-state index contributed by atoms with van der Waals surface area (Å²) < 4.78 is 23.2. The standard InChI is InChI=1S/C24H21ClN4O3S/c1-28(2)19-9-3-16(4-10-19)15-22-24(30)29(20-11-13-21(14-12-20)33(26,31)32)23(27-22)17-5-7-18(25)8-6-17/h3-15H,1-2H3,(H2,26,31,32)/b22-15-. The Morgan fingerprint density at radius 1 is 0.939 bits per heavy atom. The summed E-state index contributed by atoms with van der Waals surface area (Å²) in [6.45, 7) is 0. The number of amides is 1. The molecule has 0 spiro atoms. The molecule has 2 N–H and O–H groups in total. The Bertz CT molecular complexity index is 1360. The first-order chi connectivity index (χ1) is 15.6. The van der Waals surface area contributed by atoms with E-state index in [-0.39, 0.29) is 16.5 Å². The summed E-state index contributed by atoms with van der Waals surface area (Å²) >= 11 is 6.03. The fourth-order valence-electron chi connectivity index (χ4n) is 3.36. The molecular formula is C24H21ClN4O3S. The maximum atomic E-state index is 13.4. The minimum atomic E-state index is -3.85. The topological polar surface area (TPSA) is 96.1 Å². The molecule has 1 aliphatic rings. The number of rotatable bonds is 5. The van der Waals surface area contributed by atoms with Crippen molar-refractivity contribution in [2.75, 3.05) is 23.9 Å². The SMILES string of the molecule is CN(C)c1ccc(/C=C2\N=C(c3ccc(Cl)cc3)N(c3ccc(S(N)(=O)=O)cc3)C2=O)cc1. The predicted octanol–water partition coefficient (Wildman–Crippen LogP) is 3.89. The molecule has 0 aliphatic carbocycles. The first-order valence-corrected chi connectivity index (χ1v) is 11.9. The van der Waals surface area contributed by atoms with E-state index in [0.717, 1.165) is 11.3 Å². The number of sulfonamides is 1. The van der Waals surface area contributed by atoms with Crippen LogP contribution in [0, 0.1) is 0 Å². The van der Waals surface area contributed by atoms with E-state index in [1.54, 1.807) is 30.3 Å². The van der Waals surface area contributed by atoms with Crippen molar-refractivity contribution in [3.8, 4) is 0 Å². The fraction of sp³-hybridized carbons (Fsp3) is 0.0833. The van der Waals surface area contributed by atoms with Gasteiger partial charge in [0.1, 0.15) is 11.5 Å². The van der Waals surface area contributed by atoms with Crippen LogP contribution in [-0.2, 0) is 14.8 Å². The zero-order valence-electron chi connectivity index (χ0n) is 17.9. The number of nitrogens with two attached hydrogens (primary N) is 1. The minimum Gasteiger partial charge on any atom is -0.378 e. The van der Waals surface area contributed by atoms with Crippen molar-refractivity contribution < 1.29 is 13.2 Å². The number of benzene rings is 3. The lowest BCUT2D eigenvalue weighted by molar-refractivity contribution is -0.113. The lowest BCUT2D eigenvalue weighted by Gasteiger charge is -2.19. The van der Waals surface area contributed by atoms with Crippen LogP contribution >= 0.6 is 11.6 Å². The molecule has 3 aromatic carbocycles. The third-order valence-corrected chi connectivity index (χ3v) is 6.28. The van der Waals surface area contributed by atoms with E-state index in [9.17, 15) is 13.2 Å². The molecule has 0 radical (unpaired) electrons. The van der Waals surface area contributed by atoms with Gasteiger partial charge >= 0.3 is 0 Å². The van der Waals surface area contributed by atoms with Crippen molar-refractivity contribution in [3.05, 3.63) is 94.6 Å². The molecule has 3 aromatic rings. The number of hydrogen-bond acceptors (Lipinski definition) is 5. The number of hydrogen-bond donors (Lipinski definition) is 1. The van der Waals surface area contributed by atoms with Crippen molar-refractivity contribution in [1.29, 1.82) is 0 Å². The van der Waals surface area contributed by atoms with Gasteiger partial charge in [0.05, 0.1) is 10.6 Å². The fourth-order valence-corrected chi connectivity index (χ4v) is 4.00. The Labute approximate surface area is 197 Å². The zero-order chi connectivity index (χ0) is 23.8. The summed E-state index contributed by atoms with van der Waals surface area (Å²) in [6, 6.07) is 20.5. The number of aliphatic imine (C=N–C) groups is 1. The molecule has 33 heavy (non-hydrogen) atoms. The monoisotopic (exact) mass is 480 g/mol. The highest BCUT2D eigenvalue weighted by Crippen LogP contribution is 2.29. The van der Waals surface area contributed by atoms with E-state index in [1.165, 1.54) is 29.2 Å². The van der Waals surface area contributed by atoms with E-state index < -0.39 is 10.0 Å². The van der Waals surface area contributed by atoms with Crippen molar-refractivity contribution in [3.63, 3.8) is 0 Å². The van der Waals surface area contributed by atoms with Gasteiger partial charge in [-0.15, -0.1) is 0 Å². The highest BCUT2D eigenvalue weighted by atomic mass is 35.5. The van der Waals surface area contributed by atoms with Crippen LogP contribution in [0.2, 0.25) is 5.02 Å². The van der Waals surface area contributed by atoms with Crippen LogP contribution in [0.4, 0.5) is 11.4 Å². The van der Waals surface area contributed by atoms with Crippen LogP contribution in [0.1, 0.15) is 11.1 Å². The molecule has 0 bridgehead atoms. The number of anilines is 2. The first kappa shape index (κ1) is 22.7. The second-order valence-electron chi connectivity index (χ2n) is 7.64.